The average molecular weight is 261 g/mol. The van der Waals surface area contributed by atoms with E-state index in [2.05, 4.69) is 20.8 Å². The van der Waals surface area contributed by atoms with Gasteiger partial charge in [0.05, 0.1) is 4.75 Å². The molecular formula is C13H27NO2S. The Balaban J connectivity index is 2.71. The first-order valence-corrected chi connectivity index (χ1v) is 8.03. The largest absolute Gasteiger partial charge is 0.228 e. The van der Waals surface area contributed by atoms with Crippen LogP contribution in [-0.4, -0.2) is 13.2 Å². The Labute approximate surface area is 106 Å². The van der Waals surface area contributed by atoms with Gasteiger partial charge in [-0.3, -0.25) is 0 Å². The predicted molar refractivity (Wildman–Crippen MR) is 72.1 cm³/mol. The van der Waals surface area contributed by atoms with E-state index in [0.717, 1.165) is 25.7 Å². The zero-order chi connectivity index (χ0) is 13.5. The van der Waals surface area contributed by atoms with Crippen LogP contribution in [0.3, 0.4) is 0 Å². The molecule has 0 aromatic heterocycles. The highest BCUT2D eigenvalue weighted by atomic mass is 32.2. The summed E-state index contributed by atoms with van der Waals surface area (Å²) in [6, 6.07) is 0. The van der Waals surface area contributed by atoms with E-state index in [1.54, 1.807) is 13.8 Å². The fourth-order valence-electron chi connectivity index (χ4n) is 2.89. The normalized spacial score (nSPS) is 28.1. The minimum atomic E-state index is -3.45. The van der Waals surface area contributed by atoms with Crippen molar-refractivity contribution in [3.8, 4) is 0 Å². The summed E-state index contributed by atoms with van der Waals surface area (Å²) in [6.07, 6.45) is 4.19. The van der Waals surface area contributed by atoms with Crippen LogP contribution in [-0.2, 0) is 10.0 Å². The molecule has 0 bridgehead atoms. The highest BCUT2D eigenvalue weighted by molar-refractivity contribution is 7.90. The van der Waals surface area contributed by atoms with Crippen molar-refractivity contribution in [2.45, 2.75) is 65.0 Å². The zero-order valence-electron chi connectivity index (χ0n) is 11.8. The average Bonchev–Trinajstić information content (AvgIpc) is 2.15. The number of rotatable bonds is 2. The summed E-state index contributed by atoms with van der Waals surface area (Å²) in [4.78, 5) is 0. The van der Waals surface area contributed by atoms with Gasteiger partial charge in [-0.15, -0.1) is 0 Å². The number of hydrogen-bond donors (Lipinski definition) is 1. The molecule has 0 aliphatic heterocycles. The van der Waals surface area contributed by atoms with E-state index in [1.165, 1.54) is 0 Å². The van der Waals surface area contributed by atoms with Crippen molar-refractivity contribution in [1.82, 2.24) is 0 Å². The van der Waals surface area contributed by atoms with E-state index in [1.807, 2.05) is 0 Å². The van der Waals surface area contributed by atoms with Gasteiger partial charge in [0.25, 0.3) is 0 Å². The lowest BCUT2D eigenvalue weighted by atomic mass is 9.68. The van der Waals surface area contributed by atoms with Crippen molar-refractivity contribution in [2.24, 2.45) is 22.4 Å². The highest BCUT2D eigenvalue weighted by Crippen LogP contribution is 2.44. The number of primary sulfonamides is 1. The van der Waals surface area contributed by atoms with E-state index in [4.69, 9.17) is 5.14 Å². The molecule has 0 aromatic carbocycles. The van der Waals surface area contributed by atoms with Crippen molar-refractivity contribution in [3.05, 3.63) is 0 Å². The minimum absolute atomic E-state index is 0.205. The Morgan fingerprint density at radius 3 is 1.53 bits per heavy atom. The summed E-state index contributed by atoms with van der Waals surface area (Å²) >= 11 is 0. The lowest BCUT2D eigenvalue weighted by Gasteiger charge is -2.41. The van der Waals surface area contributed by atoms with Gasteiger partial charge in [0.1, 0.15) is 0 Å². The fraction of sp³-hybridized carbons (Fsp3) is 1.00. The summed E-state index contributed by atoms with van der Waals surface area (Å²) in [5, 5.41) is 5.34. The molecule has 0 atom stereocenters. The van der Waals surface area contributed by atoms with Gasteiger partial charge < -0.3 is 0 Å². The van der Waals surface area contributed by atoms with Gasteiger partial charge in [-0.2, -0.15) is 0 Å². The molecule has 1 aliphatic carbocycles. The Morgan fingerprint density at radius 1 is 0.882 bits per heavy atom. The smallest absolute Gasteiger partial charge is 0.214 e. The maximum absolute atomic E-state index is 11.6. The Kier molecular flexibility index (Phi) is 4.00. The van der Waals surface area contributed by atoms with Crippen LogP contribution in [0.1, 0.15) is 60.3 Å². The second kappa shape index (κ2) is 4.54. The zero-order valence-corrected chi connectivity index (χ0v) is 12.6. The molecule has 2 N–H and O–H groups in total. The van der Waals surface area contributed by atoms with Gasteiger partial charge in [-0.25, -0.2) is 13.6 Å². The quantitative estimate of drug-likeness (QED) is 0.831. The van der Waals surface area contributed by atoms with Crippen LogP contribution in [0.5, 0.6) is 0 Å². The van der Waals surface area contributed by atoms with E-state index < -0.39 is 14.8 Å². The van der Waals surface area contributed by atoms with Gasteiger partial charge in [-0.1, -0.05) is 20.8 Å². The van der Waals surface area contributed by atoms with Crippen LogP contribution in [0.2, 0.25) is 0 Å². The molecule has 0 saturated heterocycles. The summed E-state index contributed by atoms with van der Waals surface area (Å²) in [7, 11) is -3.45. The summed E-state index contributed by atoms with van der Waals surface area (Å²) < 4.78 is 22.4. The van der Waals surface area contributed by atoms with Crippen molar-refractivity contribution < 1.29 is 8.42 Å². The van der Waals surface area contributed by atoms with Crippen LogP contribution >= 0.6 is 0 Å². The second-order valence-electron chi connectivity index (χ2n) is 7.06. The lowest BCUT2D eigenvalue weighted by Crippen LogP contribution is -2.46. The Bertz CT molecular complexity index is 357. The molecule has 102 valence electrons. The summed E-state index contributed by atoms with van der Waals surface area (Å²) in [5.41, 5.74) is 0.330. The first-order valence-electron chi connectivity index (χ1n) is 6.48. The number of sulfonamides is 1. The van der Waals surface area contributed by atoms with Crippen LogP contribution in [0.15, 0.2) is 0 Å². The number of hydrogen-bond acceptors (Lipinski definition) is 2. The van der Waals surface area contributed by atoms with Gasteiger partial charge in [0.2, 0.25) is 10.0 Å². The molecule has 17 heavy (non-hydrogen) atoms. The van der Waals surface area contributed by atoms with Gasteiger partial charge in [0, 0.05) is 0 Å². The maximum Gasteiger partial charge on any atom is 0.214 e. The van der Waals surface area contributed by atoms with Crippen LogP contribution < -0.4 is 5.14 Å². The molecule has 1 saturated carbocycles. The third kappa shape index (κ3) is 3.22. The molecule has 0 spiro atoms. The molecule has 1 fully saturated rings. The molecule has 4 heteroatoms. The fourth-order valence-corrected chi connectivity index (χ4v) is 3.59. The first kappa shape index (κ1) is 15.0. The summed E-state index contributed by atoms with van der Waals surface area (Å²) in [5.74, 6) is 0.908. The van der Waals surface area contributed by atoms with Crippen molar-refractivity contribution in [3.63, 3.8) is 0 Å². The molecule has 0 aromatic rings. The predicted octanol–water partition coefficient (Wildman–Crippen LogP) is 2.91. The monoisotopic (exact) mass is 261 g/mol. The molecule has 0 unspecified atom stereocenters. The Hall–Kier alpha value is -0.0900. The molecule has 0 heterocycles. The van der Waals surface area contributed by atoms with Crippen molar-refractivity contribution in [1.29, 1.82) is 0 Å². The topological polar surface area (TPSA) is 60.2 Å². The van der Waals surface area contributed by atoms with Gasteiger partial charge in [0.15, 0.2) is 0 Å². The molecule has 0 amide bonds. The molecular weight excluding hydrogens is 234 g/mol. The van der Waals surface area contributed by atoms with E-state index in [0.29, 0.717) is 11.3 Å². The van der Waals surface area contributed by atoms with E-state index in [-0.39, 0.29) is 5.92 Å². The molecule has 3 nitrogen and oxygen atoms in total. The second-order valence-corrected chi connectivity index (χ2v) is 9.21. The van der Waals surface area contributed by atoms with Crippen molar-refractivity contribution >= 4 is 10.0 Å². The highest BCUT2D eigenvalue weighted by Gasteiger charge is 2.42. The lowest BCUT2D eigenvalue weighted by molar-refractivity contribution is 0.137. The molecule has 1 aliphatic rings. The molecule has 1 rings (SSSR count). The summed E-state index contributed by atoms with van der Waals surface area (Å²) in [6.45, 7) is 10.3. The SMILES string of the molecule is CC(C)(C)C1CCC(C(C)(C)S(N)(=O)=O)CC1. The third-order valence-electron chi connectivity index (χ3n) is 4.67. The standard InChI is InChI=1S/C13H27NO2S/c1-12(2,3)10-6-8-11(9-7-10)13(4,5)17(14,15)16/h10-11H,6-9H2,1-5H3,(H2,14,15,16). The van der Waals surface area contributed by atoms with Crippen LogP contribution in [0, 0.1) is 17.3 Å². The first-order chi connectivity index (χ1) is 7.46. The van der Waals surface area contributed by atoms with Gasteiger partial charge in [-0.05, 0) is 56.8 Å². The Morgan fingerprint density at radius 2 is 1.24 bits per heavy atom. The van der Waals surface area contributed by atoms with Crippen LogP contribution in [0.4, 0.5) is 0 Å². The van der Waals surface area contributed by atoms with E-state index >= 15 is 0 Å². The van der Waals surface area contributed by atoms with Crippen LogP contribution in [0.25, 0.3) is 0 Å². The van der Waals surface area contributed by atoms with E-state index in [9.17, 15) is 8.42 Å². The minimum Gasteiger partial charge on any atom is -0.228 e. The maximum atomic E-state index is 11.6. The number of nitrogens with two attached hydrogens (primary N) is 1. The third-order valence-corrected chi connectivity index (χ3v) is 6.47. The van der Waals surface area contributed by atoms with Crippen molar-refractivity contribution in [2.75, 3.05) is 0 Å². The van der Waals surface area contributed by atoms with Gasteiger partial charge >= 0.3 is 0 Å². The molecule has 0 radical (unpaired) electrons.